The van der Waals surface area contributed by atoms with Crippen molar-refractivity contribution in [2.24, 2.45) is 0 Å². The van der Waals surface area contributed by atoms with E-state index in [0.29, 0.717) is 36.4 Å². The lowest BCUT2D eigenvalue weighted by atomic mass is 10.1. The number of anilines is 2. The topological polar surface area (TPSA) is 82.6 Å². The SMILES string of the molecule is Cc1ccc(C)c(S(=O)(=O)Nc2ccccc2C(=O)N2CCCN(c3nc(C)cs3)CC2)c1. The number of para-hydroxylation sites is 1. The van der Waals surface area contributed by atoms with Gasteiger partial charge in [0.15, 0.2) is 5.13 Å². The fourth-order valence-corrected chi connectivity index (χ4v) is 6.19. The standard InChI is InChI=1S/C24H28N4O3S2/c1-17-9-10-18(2)22(15-17)33(30,31)26-21-8-5-4-7-20(21)23(29)27-11-6-12-28(14-13-27)24-25-19(3)16-32-24/h4-5,7-10,15-16,26H,6,11-14H2,1-3H3. The summed E-state index contributed by atoms with van der Waals surface area (Å²) in [5.74, 6) is -0.175. The van der Waals surface area contributed by atoms with Crippen LogP contribution < -0.4 is 9.62 Å². The van der Waals surface area contributed by atoms with Gasteiger partial charge in [-0.15, -0.1) is 11.3 Å². The molecule has 9 heteroatoms. The first kappa shape index (κ1) is 23.3. The zero-order chi connectivity index (χ0) is 23.6. The van der Waals surface area contributed by atoms with Gasteiger partial charge in [-0.25, -0.2) is 13.4 Å². The van der Waals surface area contributed by atoms with Crippen LogP contribution in [0, 0.1) is 20.8 Å². The number of amides is 1. The molecule has 3 aromatic rings. The maximum atomic E-state index is 13.4. The third kappa shape index (κ3) is 5.20. The molecule has 4 rings (SSSR count). The molecule has 0 unspecified atom stereocenters. The third-order valence-electron chi connectivity index (χ3n) is 5.70. The Morgan fingerprint density at radius 3 is 2.58 bits per heavy atom. The van der Waals surface area contributed by atoms with Gasteiger partial charge >= 0.3 is 0 Å². The van der Waals surface area contributed by atoms with Gasteiger partial charge in [0.2, 0.25) is 0 Å². The number of aryl methyl sites for hydroxylation is 3. The zero-order valence-corrected chi connectivity index (χ0v) is 20.7. The zero-order valence-electron chi connectivity index (χ0n) is 19.0. The van der Waals surface area contributed by atoms with Gasteiger partial charge in [-0.1, -0.05) is 24.3 Å². The number of aromatic nitrogens is 1. The molecule has 0 bridgehead atoms. The van der Waals surface area contributed by atoms with E-state index in [1.54, 1.807) is 59.6 Å². The van der Waals surface area contributed by atoms with Crippen molar-refractivity contribution in [1.29, 1.82) is 0 Å². The number of carbonyl (C=O) groups excluding carboxylic acids is 1. The summed E-state index contributed by atoms with van der Waals surface area (Å²) >= 11 is 1.61. The number of hydrogen-bond donors (Lipinski definition) is 1. The number of benzene rings is 2. The van der Waals surface area contributed by atoms with Crippen molar-refractivity contribution < 1.29 is 13.2 Å². The first-order valence-electron chi connectivity index (χ1n) is 10.9. The number of hydrogen-bond acceptors (Lipinski definition) is 6. The molecule has 1 aliphatic rings. The monoisotopic (exact) mass is 484 g/mol. The summed E-state index contributed by atoms with van der Waals surface area (Å²) in [5.41, 5.74) is 3.15. The molecule has 33 heavy (non-hydrogen) atoms. The van der Waals surface area contributed by atoms with Gasteiger partial charge in [-0.3, -0.25) is 9.52 Å². The molecule has 1 aromatic heterocycles. The Bertz CT molecular complexity index is 1270. The number of thiazole rings is 1. The van der Waals surface area contributed by atoms with Crippen molar-refractivity contribution in [3.63, 3.8) is 0 Å². The summed E-state index contributed by atoms with van der Waals surface area (Å²) in [6.07, 6.45) is 0.820. The second kappa shape index (κ2) is 9.52. The molecule has 7 nitrogen and oxygen atoms in total. The van der Waals surface area contributed by atoms with Crippen LogP contribution in [0.15, 0.2) is 52.7 Å². The Morgan fingerprint density at radius 1 is 1.03 bits per heavy atom. The van der Waals surface area contributed by atoms with E-state index in [2.05, 4.69) is 14.6 Å². The summed E-state index contributed by atoms with van der Waals surface area (Å²) in [7, 11) is -3.84. The van der Waals surface area contributed by atoms with Crippen LogP contribution >= 0.6 is 11.3 Å². The van der Waals surface area contributed by atoms with Crippen LogP contribution in [0.3, 0.4) is 0 Å². The van der Waals surface area contributed by atoms with Crippen LogP contribution in [0.2, 0.25) is 0 Å². The van der Waals surface area contributed by atoms with Gasteiger partial charge < -0.3 is 9.80 Å². The maximum Gasteiger partial charge on any atom is 0.262 e. The molecule has 0 saturated carbocycles. The summed E-state index contributed by atoms with van der Waals surface area (Å²) in [6, 6.07) is 12.1. The van der Waals surface area contributed by atoms with E-state index < -0.39 is 10.0 Å². The summed E-state index contributed by atoms with van der Waals surface area (Å²) in [4.78, 5) is 22.2. The van der Waals surface area contributed by atoms with Crippen LogP contribution in [0.5, 0.6) is 0 Å². The summed E-state index contributed by atoms with van der Waals surface area (Å²) in [6.45, 7) is 8.27. The van der Waals surface area contributed by atoms with Gasteiger partial charge in [0, 0.05) is 31.6 Å². The summed E-state index contributed by atoms with van der Waals surface area (Å²) < 4.78 is 28.9. The van der Waals surface area contributed by atoms with Crippen molar-refractivity contribution in [3.8, 4) is 0 Å². The minimum atomic E-state index is -3.84. The van der Waals surface area contributed by atoms with Crippen LogP contribution in [-0.4, -0.2) is 50.4 Å². The number of nitrogens with zero attached hydrogens (tertiary/aromatic N) is 3. The van der Waals surface area contributed by atoms with Crippen LogP contribution in [0.4, 0.5) is 10.8 Å². The Hall–Kier alpha value is -2.91. The molecular formula is C24H28N4O3S2. The molecule has 1 amide bonds. The quantitative estimate of drug-likeness (QED) is 0.586. The average Bonchev–Trinajstić information content (AvgIpc) is 3.06. The maximum absolute atomic E-state index is 13.4. The van der Waals surface area contributed by atoms with E-state index in [-0.39, 0.29) is 10.8 Å². The molecule has 2 aromatic carbocycles. The predicted molar refractivity (Wildman–Crippen MR) is 133 cm³/mol. The van der Waals surface area contributed by atoms with Crippen molar-refractivity contribution in [3.05, 3.63) is 70.2 Å². The molecular weight excluding hydrogens is 456 g/mol. The van der Waals surface area contributed by atoms with Crippen LogP contribution in [0.1, 0.15) is 33.6 Å². The fourth-order valence-electron chi connectivity index (χ4n) is 3.92. The molecule has 0 spiro atoms. The molecule has 1 fully saturated rings. The average molecular weight is 485 g/mol. The Kier molecular flexibility index (Phi) is 6.71. The lowest BCUT2D eigenvalue weighted by Crippen LogP contribution is -2.35. The van der Waals surface area contributed by atoms with E-state index >= 15 is 0 Å². The molecule has 1 aliphatic heterocycles. The fraction of sp³-hybridized carbons (Fsp3) is 0.333. The number of sulfonamides is 1. The van der Waals surface area contributed by atoms with Crippen molar-refractivity contribution in [2.75, 3.05) is 35.8 Å². The lowest BCUT2D eigenvalue weighted by molar-refractivity contribution is 0.0768. The van der Waals surface area contributed by atoms with Crippen LogP contribution in [0.25, 0.3) is 0 Å². The van der Waals surface area contributed by atoms with E-state index in [4.69, 9.17) is 0 Å². The lowest BCUT2D eigenvalue weighted by Gasteiger charge is -2.23. The highest BCUT2D eigenvalue weighted by Crippen LogP contribution is 2.26. The first-order chi connectivity index (χ1) is 15.7. The predicted octanol–water partition coefficient (Wildman–Crippen LogP) is 4.22. The second-order valence-electron chi connectivity index (χ2n) is 8.32. The van der Waals surface area contributed by atoms with E-state index in [0.717, 1.165) is 29.4 Å². The van der Waals surface area contributed by atoms with E-state index in [9.17, 15) is 13.2 Å². The number of rotatable bonds is 5. The smallest absolute Gasteiger partial charge is 0.262 e. The highest BCUT2D eigenvalue weighted by atomic mass is 32.2. The molecule has 2 heterocycles. The van der Waals surface area contributed by atoms with Crippen molar-refractivity contribution >= 4 is 38.1 Å². The van der Waals surface area contributed by atoms with Crippen LogP contribution in [-0.2, 0) is 10.0 Å². The van der Waals surface area contributed by atoms with Gasteiger partial charge in [-0.2, -0.15) is 0 Å². The first-order valence-corrected chi connectivity index (χ1v) is 13.3. The highest BCUT2D eigenvalue weighted by molar-refractivity contribution is 7.92. The summed E-state index contributed by atoms with van der Waals surface area (Å²) in [5, 5.41) is 3.00. The Labute approximate surface area is 199 Å². The minimum absolute atomic E-state index is 0.175. The molecule has 1 saturated heterocycles. The largest absolute Gasteiger partial charge is 0.346 e. The highest BCUT2D eigenvalue weighted by Gasteiger charge is 2.25. The number of carbonyl (C=O) groups is 1. The molecule has 174 valence electrons. The number of nitrogens with one attached hydrogen (secondary N) is 1. The van der Waals surface area contributed by atoms with Crippen molar-refractivity contribution in [2.45, 2.75) is 32.1 Å². The van der Waals surface area contributed by atoms with Gasteiger partial charge in [-0.05, 0) is 56.5 Å². The Morgan fingerprint density at radius 2 is 1.82 bits per heavy atom. The molecule has 1 N–H and O–H groups in total. The van der Waals surface area contributed by atoms with E-state index in [1.807, 2.05) is 25.3 Å². The van der Waals surface area contributed by atoms with Gasteiger partial charge in [0.05, 0.1) is 21.8 Å². The minimum Gasteiger partial charge on any atom is -0.346 e. The molecule has 0 atom stereocenters. The van der Waals surface area contributed by atoms with Crippen molar-refractivity contribution in [1.82, 2.24) is 9.88 Å². The second-order valence-corrected chi connectivity index (χ2v) is 10.8. The van der Waals surface area contributed by atoms with E-state index in [1.165, 1.54) is 0 Å². The molecule has 0 radical (unpaired) electrons. The normalized spacial score (nSPS) is 14.8. The Balaban J connectivity index is 1.54. The van der Waals surface area contributed by atoms with Gasteiger partial charge in [0.25, 0.3) is 15.9 Å². The molecule has 0 aliphatic carbocycles. The van der Waals surface area contributed by atoms with Gasteiger partial charge in [0.1, 0.15) is 0 Å². The third-order valence-corrected chi connectivity index (χ3v) is 8.22.